The zero-order valence-corrected chi connectivity index (χ0v) is 11.9. The zero-order chi connectivity index (χ0) is 12.5. The van der Waals surface area contributed by atoms with Crippen molar-refractivity contribution in [1.82, 2.24) is 4.90 Å². The molecule has 1 saturated heterocycles. The summed E-state index contributed by atoms with van der Waals surface area (Å²) in [7, 11) is 0. The summed E-state index contributed by atoms with van der Waals surface area (Å²) < 4.78 is 0. The van der Waals surface area contributed by atoms with Gasteiger partial charge in [0.05, 0.1) is 0 Å². The quantitative estimate of drug-likeness (QED) is 0.816. The molecule has 0 aromatic heterocycles. The van der Waals surface area contributed by atoms with Crippen molar-refractivity contribution in [1.29, 1.82) is 0 Å². The van der Waals surface area contributed by atoms with E-state index in [1.54, 1.807) is 0 Å². The van der Waals surface area contributed by atoms with Crippen LogP contribution in [0.5, 0.6) is 0 Å². The van der Waals surface area contributed by atoms with Gasteiger partial charge in [-0.05, 0) is 69.0 Å². The van der Waals surface area contributed by atoms with E-state index in [0.29, 0.717) is 11.5 Å². The van der Waals surface area contributed by atoms with E-state index in [2.05, 4.69) is 25.7 Å². The van der Waals surface area contributed by atoms with Crippen molar-refractivity contribution in [3.05, 3.63) is 0 Å². The first-order valence-corrected chi connectivity index (χ1v) is 7.45. The van der Waals surface area contributed by atoms with Crippen LogP contribution in [0, 0.1) is 17.3 Å². The summed E-state index contributed by atoms with van der Waals surface area (Å²) in [6, 6.07) is 0.482. The first-order valence-electron chi connectivity index (χ1n) is 7.45. The van der Waals surface area contributed by atoms with Gasteiger partial charge in [0.25, 0.3) is 0 Å². The second-order valence-corrected chi connectivity index (χ2v) is 7.27. The van der Waals surface area contributed by atoms with Crippen LogP contribution in [0.25, 0.3) is 0 Å². The molecule has 0 radical (unpaired) electrons. The Hall–Kier alpha value is -0.0800. The first-order chi connectivity index (χ1) is 7.97. The molecule has 1 heterocycles. The molecule has 0 aromatic carbocycles. The van der Waals surface area contributed by atoms with Gasteiger partial charge in [0, 0.05) is 6.04 Å². The third-order valence-electron chi connectivity index (χ3n) is 4.82. The monoisotopic (exact) mass is 238 g/mol. The Kier molecular flexibility index (Phi) is 4.14. The number of piperidine rings is 1. The highest BCUT2D eigenvalue weighted by atomic mass is 15.1. The largest absolute Gasteiger partial charge is 0.327 e. The average Bonchev–Trinajstić information content (AvgIpc) is 3.09. The molecule has 0 amide bonds. The van der Waals surface area contributed by atoms with Gasteiger partial charge < -0.3 is 10.6 Å². The van der Waals surface area contributed by atoms with Crippen LogP contribution in [0.4, 0.5) is 0 Å². The van der Waals surface area contributed by atoms with Crippen molar-refractivity contribution in [3.8, 4) is 0 Å². The molecular formula is C15H30N2. The minimum atomic E-state index is 0.482. The maximum Gasteiger partial charge on any atom is 0.00793 e. The van der Waals surface area contributed by atoms with Crippen molar-refractivity contribution in [2.45, 2.75) is 58.9 Å². The molecule has 1 unspecified atom stereocenters. The van der Waals surface area contributed by atoms with Crippen LogP contribution in [0.3, 0.4) is 0 Å². The number of likely N-dealkylation sites (tertiary alicyclic amines) is 1. The number of nitrogens with two attached hydrogens (primary N) is 1. The van der Waals surface area contributed by atoms with Crippen LogP contribution in [0.15, 0.2) is 0 Å². The lowest BCUT2D eigenvalue weighted by molar-refractivity contribution is 0.110. The molecule has 1 aliphatic carbocycles. The third kappa shape index (κ3) is 3.96. The van der Waals surface area contributed by atoms with Gasteiger partial charge in [0.1, 0.15) is 0 Å². The van der Waals surface area contributed by atoms with Crippen LogP contribution in [-0.2, 0) is 0 Å². The lowest BCUT2D eigenvalue weighted by Gasteiger charge is -2.39. The van der Waals surface area contributed by atoms with E-state index in [4.69, 9.17) is 5.73 Å². The molecule has 2 heteroatoms. The molecule has 0 bridgehead atoms. The summed E-state index contributed by atoms with van der Waals surface area (Å²) in [5.41, 5.74) is 6.66. The predicted molar refractivity (Wildman–Crippen MR) is 73.9 cm³/mol. The van der Waals surface area contributed by atoms with Crippen LogP contribution in [0.2, 0.25) is 0 Å². The molecule has 0 aromatic rings. The zero-order valence-electron chi connectivity index (χ0n) is 11.9. The van der Waals surface area contributed by atoms with E-state index in [0.717, 1.165) is 11.8 Å². The Bertz CT molecular complexity index is 232. The first kappa shape index (κ1) is 13.4. The topological polar surface area (TPSA) is 29.3 Å². The van der Waals surface area contributed by atoms with Gasteiger partial charge in [-0.1, -0.05) is 20.8 Å². The minimum absolute atomic E-state index is 0.482. The molecule has 2 fully saturated rings. The third-order valence-corrected chi connectivity index (χ3v) is 4.82. The molecule has 100 valence electrons. The Morgan fingerprint density at radius 2 is 1.71 bits per heavy atom. The number of nitrogens with zero attached hydrogens (tertiary/aromatic N) is 1. The number of hydrogen-bond donors (Lipinski definition) is 1. The number of hydrogen-bond acceptors (Lipinski definition) is 2. The van der Waals surface area contributed by atoms with Crippen LogP contribution in [-0.4, -0.2) is 30.6 Å². The second kappa shape index (κ2) is 5.27. The summed E-state index contributed by atoms with van der Waals surface area (Å²) in [5, 5.41) is 0. The van der Waals surface area contributed by atoms with Gasteiger partial charge in [-0.2, -0.15) is 0 Å². The minimum Gasteiger partial charge on any atom is -0.327 e. The fourth-order valence-electron chi connectivity index (χ4n) is 3.11. The van der Waals surface area contributed by atoms with E-state index in [-0.39, 0.29) is 0 Å². The molecule has 2 nitrogen and oxygen atoms in total. The van der Waals surface area contributed by atoms with Gasteiger partial charge in [0.2, 0.25) is 0 Å². The van der Waals surface area contributed by atoms with E-state index in [1.807, 2.05) is 0 Å². The molecule has 17 heavy (non-hydrogen) atoms. The van der Waals surface area contributed by atoms with E-state index in [9.17, 15) is 0 Å². The van der Waals surface area contributed by atoms with Gasteiger partial charge >= 0.3 is 0 Å². The Morgan fingerprint density at radius 3 is 2.18 bits per heavy atom. The summed E-state index contributed by atoms with van der Waals surface area (Å²) in [5.74, 6) is 1.78. The molecular weight excluding hydrogens is 208 g/mol. The van der Waals surface area contributed by atoms with E-state index in [1.165, 1.54) is 51.7 Å². The van der Waals surface area contributed by atoms with Crippen molar-refractivity contribution in [2.24, 2.45) is 23.0 Å². The van der Waals surface area contributed by atoms with Crippen molar-refractivity contribution >= 4 is 0 Å². The maximum absolute atomic E-state index is 6.17. The van der Waals surface area contributed by atoms with Crippen molar-refractivity contribution in [2.75, 3.05) is 19.6 Å². The predicted octanol–water partition coefficient (Wildman–Crippen LogP) is 2.87. The summed E-state index contributed by atoms with van der Waals surface area (Å²) in [6.07, 6.45) is 6.73. The molecule has 1 atom stereocenters. The van der Waals surface area contributed by atoms with Gasteiger partial charge in [-0.3, -0.25) is 0 Å². The highest BCUT2D eigenvalue weighted by Crippen LogP contribution is 2.35. The normalized spacial score (nSPS) is 26.1. The molecule has 2 rings (SSSR count). The highest BCUT2D eigenvalue weighted by molar-refractivity contribution is 4.86. The molecule has 0 spiro atoms. The summed E-state index contributed by atoms with van der Waals surface area (Å²) in [4.78, 5) is 2.63. The van der Waals surface area contributed by atoms with Crippen LogP contribution in [0.1, 0.15) is 52.9 Å². The molecule has 2 N–H and O–H groups in total. The SMILES string of the molecule is CC(C)(C)C1CCN(CCC(N)C2CC2)CC1. The Balaban J connectivity index is 1.65. The van der Waals surface area contributed by atoms with Crippen LogP contribution >= 0.6 is 0 Å². The lowest BCUT2D eigenvalue weighted by Crippen LogP contribution is -2.40. The van der Waals surface area contributed by atoms with Crippen molar-refractivity contribution < 1.29 is 0 Å². The fourth-order valence-corrected chi connectivity index (χ4v) is 3.11. The Morgan fingerprint density at radius 1 is 1.12 bits per heavy atom. The smallest absolute Gasteiger partial charge is 0.00793 e. The van der Waals surface area contributed by atoms with Gasteiger partial charge in [0.15, 0.2) is 0 Å². The van der Waals surface area contributed by atoms with Gasteiger partial charge in [-0.25, -0.2) is 0 Å². The highest BCUT2D eigenvalue weighted by Gasteiger charge is 2.30. The average molecular weight is 238 g/mol. The van der Waals surface area contributed by atoms with E-state index >= 15 is 0 Å². The Labute approximate surface area is 107 Å². The molecule has 1 saturated carbocycles. The standard InChI is InChI=1S/C15H30N2/c1-15(2,3)13-6-9-17(10-7-13)11-8-14(16)12-4-5-12/h12-14H,4-11,16H2,1-3H3. The lowest BCUT2D eigenvalue weighted by atomic mass is 9.75. The molecule has 2 aliphatic rings. The van der Waals surface area contributed by atoms with Gasteiger partial charge in [-0.15, -0.1) is 0 Å². The maximum atomic E-state index is 6.17. The molecule has 1 aliphatic heterocycles. The number of rotatable bonds is 4. The summed E-state index contributed by atoms with van der Waals surface area (Å²) in [6.45, 7) is 11.0. The summed E-state index contributed by atoms with van der Waals surface area (Å²) >= 11 is 0. The van der Waals surface area contributed by atoms with Crippen LogP contribution < -0.4 is 5.73 Å². The second-order valence-electron chi connectivity index (χ2n) is 7.27. The fraction of sp³-hybridized carbons (Fsp3) is 1.00. The van der Waals surface area contributed by atoms with Crippen molar-refractivity contribution in [3.63, 3.8) is 0 Å². The van der Waals surface area contributed by atoms with E-state index < -0.39 is 0 Å².